The molecule has 0 aliphatic heterocycles. The maximum atomic E-state index is 6.38. The third-order valence-electron chi connectivity index (χ3n) is 3.72. The van der Waals surface area contributed by atoms with E-state index in [4.69, 9.17) is 10.5 Å². The molecule has 1 unspecified atom stereocenters. The monoisotopic (exact) mass is 287 g/mol. The van der Waals surface area contributed by atoms with Crippen molar-refractivity contribution in [3.05, 3.63) is 47.3 Å². The quantitative estimate of drug-likeness (QED) is 0.850. The zero-order valence-corrected chi connectivity index (χ0v) is 13.2. The summed E-state index contributed by atoms with van der Waals surface area (Å²) in [6.07, 6.45) is 4.63. The number of aryl methyl sites for hydroxylation is 3. The van der Waals surface area contributed by atoms with Crippen LogP contribution in [0.3, 0.4) is 0 Å². The molecule has 2 rings (SSSR count). The number of hydrogen-bond donors (Lipinski definition) is 1. The number of methoxy groups -OCH3 is 1. The van der Waals surface area contributed by atoms with Crippen molar-refractivity contribution in [2.45, 2.75) is 45.7 Å². The highest BCUT2D eigenvalue weighted by Gasteiger charge is 2.18. The third kappa shape index (κ3) is 3.85. The zero-order valence-electron chi connectivity index (χ0n) is 13.2. The Labute approximate surface area is 126 Å². The normalized spacial score (nSPS) is 12.4. The van der Waals surface area contributed by atoms with E-state index in [9.17, 15) is 0 Å². The highest BCUT2D eigenvalue weighted by molar-refractivity contribution is 5.28. The first-order chi connectivity index (χ1) is 10.2. The van der Waals surface area contributed by atoms with Gasteiger partial charge in [-0.2, -0.15) is 5.10 Å². The smallest absolute Gasteiger partial charge is 0.161 e. The molecule has 21 heavy (non-hydrogen) atoms. The van der Waals surface area contributed by atoms with Crippen LogP contribution in [-0.4, -0.2) is 16.9 Å². The second-order valence-electron chi connectivity index (χ2n) is 5.45. The average Bonchev–Trinajstić information content (AvgIpc) is 2.90. The van der Waals surface area contributed by atoms with Gasteiger partial charge in [-0.3, -0.25) is 4.68 Å². The van der Waals surface area contributed by atoms with Gasteiger partial charge in [-0.25, -0.2) is 0 Å². The molecule has 1 heterocycles. The molecule has 2 aromatic rings. The molecule has 0 bridgehead atoms. The minimum atomic E-state index is -0.0599. The second-order valence-corrected chi connectivity index (χ2v) is 5.45. The van der Waals surface area contributed by atoms with Crippen LogP contribution in [0, 0.1) is 6.92 Å². The number of aromatic nitrogens is 2. The molecule has 0 saturated heterocycles. The Bertz CT molecular complexity index is 560. The predicted molar refractivity (Wildman–Crippen MR) is 85.5 cm³/mol. The summed E-state index contributed by atoms with van der Waals surface area (Å²) in [7, 11) is 1.67. The Morgan fingerprint density at radius 2 is 2.00 bits per heavy atom. The lowest BCUT2D eigenvalue weighted by atomic mass is 10.0. The number of ether oxygens (including phenoxy) is 1. The summed E-state index contributed by atoms with van der Waals surface area (Å²) in [5, 5.41) is 4.38. The van der Waals surface area contributed by atoms with Crippen molar-refractivity contribution in [1.82, 2.24) is 9.78 Å². The van der Waals surface area contributed by atoms with Gasteiger partial charge in [0.15, 0.2) is 5.75 Å². The first kappa shape index (κ1) is 15.6. The standard InChI is InChI=1S/C17H25N3O/c1-4-11-20-17(16(21-3)12-19-20)15(18)10-9-14-7-5-13(2)6-8-14/h5-8,12,15H,4,9-11,18H2,1-3H3. The first-order valence-electron chi connectivity index (χ1n) is 7.56. The average molecular weight is 287 g/mol. The van der Waals surface area contributed by atoms with Gasteiger partial charge in [-0.05, 0) is 31.7 Å². The van der Waals surface area contributed by atoms with Gasteiger partial charge in [0.05, 0.1) is 25.0 Å². The van der Waals surface area contributed by atoms with Crippen LogP contribution in [0.2, 0.25) is 0 Å². The van der Waals surface area contributed by atoms with Crippen LogP contribution in [0.4, 0.5) is 0 Å². The van der Waals surface area contributed by atoms with Crippen LogP contribution < -0.4 is 10.5 Å². The molecule has 4 heteroatoms. The molecule has 2 N–H and O–H groups in total. The molecule has 1 aromatic carbocycles. The van der Waals surface area contributed by atoms with Crippen molar-refractivity contribution >= 4 is 0 Å². The summed E-state index contributed by atoms with van der Waals surface area (Å²) in [6.45, 7) is 5.11. The van der Waals surface area contributed by atoms with Gasteiger partial charge in [0.25, 0.3) is 0 Å². The van der Waals surface area contributed by atoms with Gasteiger partial charge in [-0.1, -0.05) is 36.8 Å². The summed E-state index contributed by atoms with van der Waals surface area (Å²) in [6, 6.07) is 8.56. The van der Waals surface area contributed by atoms with E-state index in [2.05, 4.69) is 43.2 Å². The Morgan fingerprint density at radius 3 is 2.62 bits per heavy atom. The lowest BCUT2D eigenvalue weighted by Crippen LogP contribution is -2.18. The number of nitrogens with zero attached hydrogens (tertiary/aromatic N) is 2. The fourth-order valence-corrected chi connectivity index (χ4v) is 2.51. The second kappa shape index (κ2) is 7.27. The first-order valence-corrected chi connectivity index (χ1v) is 7.56. The number of nitrogens with two attached hydrogens (primary N) is 1. The zero-order chi connectivity index (χ0) is 15.2. The van der Waals surface area contributed by atoms with Gasteiger partial charge in [0.1, 0.15) is 0 Å². The van der Waals surface area contributed by atoms with Gasteiger partial charge in [-0.15, -0.1) is 0 Å². The summed E-state index contributed by atoms with van der Waals surface area (Å²) in [5.41, 5.74) is 9.99. The number of benzene rings is 1. The largest absolute Gasteiger partial charge is 0.493 e. The summed E-state index contributed by atoms with van der Waals surface area (Å²) < 4.78 is 7.37. The van der Waals surface area contributed by atoms with Gasteiger partial charge in [0, 0.05) is 6.54 Å². The fourth-order valence-electron chi connectivity index (χ4n) is 2.51. The molecule has 0 spiro atoms. The van der Waals surface area contributed by atoms with Gasteiger partial charge >= 0.3 is 0 Å². The molecule has 0 aliphatic carbocycles. The maximum absolute atomic E-state index is 6.38. The minimum absolute atomic E-state index is 0.0599. The summed E-state index contributed by atoms with van der Waals surface area (Å²) in [4.78, 5) is 0. The molecule has 1 aromatic heterocycles. The molecule has 0 saturated carbocycles. The molecular formula is C17H25N3O. The molecule has 1 atom stereocenters. The molecule has 0 amide bonds. The lowest BCUT2D eigenvalue weighted by Gasteiger charge is -2.15. The molecule has 114 valence electrons. The fraction of sp³-hybridized carbons (Fsp3) is 0.471. The van der Waals surface area contributed by atoms with Crippen LogP contribution in [0.1, 0.15) is 42.6 Å². The minimum Gasteiger partial charge on any atom is -0.493 e. The van der Waals surface area contributed by atoms with Crippen LogP contribution in [-0.2, 0) is 13.0 Å². The van der Waals surface area contributed by atoms with Crippen molar-refractivity contribution in [3.8, 4) is 5.75 Å². The topological polar surface area (TPSA) is 53.1 Å². The molecule has 0 fully saturated rings. The molecular weight excluding hydrogens is 262 g/mol. The summed E-state index contributed by atoms with van der Waals surface area (Å²) in [5.74, 6) is 0.792. The van der Waals surface area contributed by atoms with E-state index in [0.29, 0.717) is 0 Å². The number of hydrogen-bond acceptors (Lipinski definition) is 3. The Hall–Kier alpha value is -1.81. The van der Waals surface area contributed by atoms with E-state index in [1.165, 1.54) is 11.1 Å². The Kier molecular flexibility index (Phi) is 5.39. The van der Waals surface area contributed by atoms with Crippen LogP contribution in [0.15, 0.2) is 30.5 Å². The molecule has 0 aliphatic rings. The maximum Gasteiger partial charge on any atom is 0.161 e. The Morgan fingerprint density at radius 1 is 1.29 bits per heavy atom. The van der Waals surface area contributed by atoms with Gasteiger partial charge < -0.3 is 10.5 Å². The van der Waals surface area contributed by atoms with Crippen LogP contribution in [0.5, 0.6) is 5.75 Å². The predicted octanol–water partition coefficient (Wildman–Crippen LogP) is 3.24. The SMILES string of the molecule is CCCn1ncc(OC)c1C(N)CCc1ccc(C)cc1. The van der Waals surface area contributed by atoms with E-state index < -0.39 is 0 Å². The number of rotatable bonds is 7. The van der Waals surface area contributed by atoms with E-state index in [1.54, 1.807) is 13.3 Å². The van der Waals surface area contributed by atoms with E-state index in [-0.39, 0.29) is 6.04 Å². The van der Waals surface area contributed by atoms with E-state index in [0.717, 1.165) is 37.3 Å². The lowest BCUT2D eigenvalue weighted by molar-refractivity contribution is 0.398. The summed E-state index contributed by atoms with van der Waals surface area (Å²) >= 11 is 0. The highest BCUT2D eigenvalue weighted by atomic mass is 16.5. The van der Waals surface area contributed by atoms with Crippen molar-refractivity contribution in [3.63, 3.8) is 0 Å². The third-order valence-corrected chi connectivity index (χ3v) is 3.72. The van der Waals surface area contributed by atoms with Gasteiger partial charge in [0.2, 0.25) is 0 Å². The molecule has 0 radical (unpaired) electrons. The highest BCUT2D eigenvalue weighted by Crippen LogP contribution is 2.26. The van der Waals surface area contributed by atoms with E-state index >= 15 is 0 Å². The Balaban J connectivity index is 2.07. The van der Waals surface area contributed by atoms with Crippen molar-refractivity contribution in [2.24, 2.45) is 5.73 Å². The van der Waals surface area contributed by atoms with Crippen LogP contribution in [0.25, 0.3) is 0 Å². The van der Waals surface area contributed by atoms with Crippen molar-refractivity contribution in [2.75, 3.05) is 7.11 Å². The van der Waals surface area contributed by atoms with Crippen molar-refractivity contribution < 1.29 is 4.74 Å². The molecule has 4 nitrogen and oxygen atoms in total. The van der Waals surface area contributed by atoms with Crippen LogP contribution >= 0.6 is 0 Å². The van der Waals surface area contributed by atoms with Crippen molar-refractivity contribution in [1.29, 1.82) is 0 Å². The van der Waals surface area contributed by atoms with E-state index in [1.807, 2.05) is 4.68 Å².